The third-order valence-electron chi connectivity index (χ3n) is 2.23. The first-order valence-corrected chi connectivity index (χ1v) is 6.36. The number of carbonyl (C=O) groups is 1. The van der Waals surface area contributed by atoms with Crippen LogP contribution in [0.5, 0.6) is 0 Å². The zero-order valence-corrected chi connectivity index (χ0v) is 11.0. The molecule has 6 heteroatoms. The van der Waals surface area contributed by atoms with Crippen LogP contribution in [0.1, 0.15) is 21.5 Å². The molecular weight excluding hydrogens is 262 g/mol. The van der Waals surface area contributed by atoms with Crippen LogP contribution in [0.25, 0.3) is 0 Å². The second-order valence-corrected chi connectivity index (χ2v) is 4.58. The Kier molecular flexibility index (Phi) is 4.23. The van der Waals surface area contributed by atoms with Crippen molar-refractivity contribution in [2.75, 3.05) is 11.9 Å². The zero-order valence-electron chi connectivity index (χ0n) is 10.2. The first kappa shape index (κ1) is 13.2. The Bertz CT molecular complexity index is 642. The lowest BCUT2D eigenvalue weighted by atomic mass is 10.1. The Labute approximate surface area is 114 Å². The highest BCUT2D eigenvalue weighted by Crippen LogP contribution is 2.13. The van der Waals surface area contributed by atoms with Crippen molar-refractivity contribution in [1.82, 2.24) is 10.2 Å². The molecule has 2 aromatic rings. The van der Waals surface area contributed by atoms with Crippen molar-refractivity contribution >= 4 is 22.4 Å². The molecule has 96 valence electrons. The lowest BCUT2D eigenvalue weighted by Crippen LogP contribution is -2.12. The number of anilines is 1. The summed E-state index contributed by atoms with van der Waals surface area (Å²) in [7, 11) is 0. The third-order valence-corrected chi connectivity index (χ3v) is 2.84. The van der Waals surface area contributed by atoms with Gasteiger partial charge in [-0.05, 0) is 30.7 Å². The number of aliphatic hydroxyl groups is 1. The van der Waals surface area contributed by atoms with Crippen molar-refractivity contribution in [3.63, 3.8) is 0 Å². The van der Waals surface area contributed by atoms with E-state index in [0.717, 1.165) is 5.56 Å². The van der Waals surface area contributed by atoms with Gasteiger partial charge in [0, 0.05) is 11.1 Å². The van der Waals surface area contributed by atoms with Crippen LogP contribution in [0.4, 0.5) is 5.13 Å². The minimum absolute atomic E-state index is 0.208. The Morgan fingerprint density at radius 3 is 3.00 bits per heavy atom. The minimum Gasteiger partial charge on any atom is -0.384 e. The van der Waals surface area contributed by atoms with E-state index < -0.39 is 0 Å². The summed E-state index contributed by atoms with van der Waals surface area (Å²) in [5.74, 6) is 5.08. The van der Waals surface area contributed by atoms with Crippen LogP contribution in [-0.2, 0) is 0 Å². The number of amides is 1. The van der Waals surface area contributed by atoms with Crippen molar-refractivity contribution in [3.8, 4) is 11.8 Å². The summed E-state index contributed by atoms with van der Waals surface area (Å²) in [6.07, 6.45) is 0. The van der Waals surface area contributed by atoms with E-state index in [1.165, 1.54) is 11.3 Å². The van der Waals surface area contributed by atoms with Crippen LogP contribution in [0.3, 0.4) is 0 Å². The summed E-state index contributed by atoms with van der Waals surface area (Å²) in [5, 5.41) is 19.2. The van der Waals surface area contributed by atoms with Crippen molar-refractivity contribution in [2.24, 2.45) is 0 Å². The molecule has 0 saturated heterocycles. The standard InChI is InChI=1S/C13H11N3O2S/c1-9-5-10(3-2-4-17)7-11(6-9)12(18)15-13-16-14-8-19-13/h5-8,17H,4H2,1H3,(H,15,16,18). The van der Waals surface area contributed by atoms with E-state index in [1.54, 1.807) is 17.6 Å². The molecule has 1 aromatic carbocycles. The summed E-state index contributed by atoms with van der Waals surface area (Å²) in [6, 6.07) is 5.29. The predicted octanol–water partition coefficient (Wildman–Crippen LogP) is 1.44. The van der Waals surface area contributed by atoms with E-state index in [1.807, 2.05) is 13.0 Å². The molecule has 1 heterocycles. The monoisotopic (exact) mass is 273 g/mol. The summed E-state index contributed by atoms with van der Waals surface area (Å²) >= 11 is 1.25. The Morgan fingerprint density at radius 1 is 1.47 bits per heavy atom. The topological polar surface area (TPSA) is 75.1 Å². The normalized spacial score (nSPS) is 9.58. The van der Waals surface area contributed by atoms with Crippen LogP contribution in [0.15, 0.2) is 23.7 Å². The molecule has 0 radical (unpaired) electrons. The maximum absolute atomic E-state index is 12.0. The number of aryl methyl sites for hydroxylation is 1. The smallest absolute Gasteiger partial charge is 0.257 e. The van der Waals surface area contributed by atoms with Crippen molar-refractivity contribution in [1.29, 1.82) is 0 Å². The molecule has 5 nitrogen and oxygen atoms in total. The first-order chi connectivity index (χ1) is 9.19. The number of hydrogen-bond donors (Lipinski definition) is 2. The fourth-order valence-electron chi connectivity index (χ4n) is 1.52. The molecule has 0 aliphatic rings. The van der Waals surface area contributed by atoms with Gasteiger partial charge in [0.1, 0.15) is 12.1 Å². The molecule has 1 amide bonds. The van der Waals surface area contributed by atoms with Crippen LogP contribution < -0.4 is 5.32 Å². The van der Waals surface area contributed by atoms with Crippen molar-refractivity contribution in [2.45, 2.75) is 6.92 Å². The number of nitrogens with one attached hydrogen (secondary N) is 1. The second kappa shape index (κ2) is 6.09. The van der Waals surface area contributed by atoms with Crippen LogP contribution in [-0.4, -0.2) is 27.8 Å². The van der Waals surface area contributed by atoms with E-state index in [2.05, 4.69) is 27.4 Å². The van der Waals surface area contributed by atoms with Gasteiger partial charge < -0.3 is 5.11 Å². The molecule has 19 heavy (non-hydrogen) atoms. The fraction of sp³-hybridized carbons (Fsp3) is 0.154. The predicted molar refractivity (Wildman–Crippen MR) is 73.0 cm³/mol. The van der Waals surface area contributed by atoms with Gasteiger partial charge in [0.15, 0.2) is 0 Å². The Hall–Kier alpha value is -2.23. The van der Waals surface area contributed by atoms with Gasteiger partial charge in [-0.25, -0.2) is 0 Å². The second-order valence-electron chi connectivity index (χ2n) is 3.75. The average Bonchev–Trinajstić information content (AvgIpc) is 2.88. The highest BCUT2D eigenvalue weighted by molar-refractivity contribution is 7.13. The van der Waals surface area contributed by atoms with E-state index in [9.17, 15) is 4.79 Å². The molecule has 2 N–H and O–H groups in total. The molecule has 0 unspecified atom stereocenters. The van der Waals surface area contributed by atoms with E-state index in [0.29, 0.717) is 16.3 Å². The van der Waals surface area contributed by atoms with Gasteiger partial charge in [0.05, 0.1) is 0 Å². The highest BCUT2D eigenvalue weighted by atomic mass is 32.1. The maximum atomic E-state index is 12.0. The number of carbonyl (C=O) groups excluding carboxylic acids is 1. The van der Waals surface area contributed by atoms with E-state index in [-0.39, 0.29) is 12.5 Å². The van der Waals surface area contributed by atoms with Crippen LogP contribution >= 0.6 is 11.3 Å². The number of hydrogen-bond acceptors (Lipinski definition) is 5. The molecule has 0 spiro atoms. The summed E-state index contributed by atoms with van der Waals surface area (Å²) in [4.78, 5) is 12.0. The van der Waals surface area contributed by atoms with Gasteiger partial charge in [-0.2, -0.15) is 0 Å². The number of aliphatic hydroxyl groups excluding tert-OH is 1. The quantitative estimate of drug-likeness (QED) is 0.812. The van der Waals surface area contributed by atoms with Gasteiger partial charge >= 0.3 is 0 Å². The number of nitrogens with zero attached hydrogens (tertiary/aromatic N) is 2. The number of aromatic nitrogens is 2. The summed E-state index contributed by atoms with van der Waals surface area (Å²) in [5.41, 5.74) is 3.66. The molecule has 0 aliphatic carbocycles. The van der Waals surface area contributed by atoms with Crippen LogP contribution in [0.2, 0.25) is 0 Å². The fourth-order valence-corrected chi connectivity index (χ4v) is 1.96. The van der Waals surface area contributed by atoms with Gasteiger partial charge in [0.25, 0.3) is 5.91 Å². The number of benzene rings is 1. The molecule has 2 rings (SSSR count). The molecule has 1 aromatic heterocycles. The summed E-state index contributed by atoms with van der Waals surface area (Å²) < 4.78 is 0. The lowest BCUT2D eigenvalue weighted by molar-refractivity contribution is 0.102. The molecule has 0 fully saturated rings. The summed E-state index contributed by atoms with van der Waals surface area (Å²) in [6.45, 7) is 1.67. The minimum atomic E-state index is -0.257. The molecular formula is C13H11N3O2S. The molecule has 0 atom stereocenters. The highest BCUT2D eigenvalue weighted by Gasteiger charge is 2.09. The molecule has 0 bridgehead atoms. The number of rotatable bonds is 2. The first-order valence-electron chi connectivity index (χ1n) is 5.48. The van der Waals surface area contributed by atoms with Crippen molar-refractivity contribution in [3.05, 3.63) is 40.4 Å². The van der Waals surface area contributed by atoms with Gasteiger partial charge in [0.2, 0.25) is 5.13 Å². The van der Waals surface area contributed by atoms with Crippen molar-refractivity contribution < 1.29 is 9.90 Å². The van der Waals surface area contributed by atoms with E-state index >= 15 is 0 Å². The average molecular weight is 273 g/mol. The van der Waals surface area contributed by atoms with Gasteiger partial charge in [-0.1, -0.05) is 23.2 Å². The molecule has 0 saturated carbocycles. The lowest BCUT2D eigenvalue weighted by Gasteiger charge is -2.03. The van der Waals surface area contributed by atoms with Gasteiger partial charge in [-0.15, -0.1) is 10.2 Å². The SMILES string of the molecule is Cc1cc(C#CCO)cc(C(=O)Nc2nncs2)c1. The third kappa shape index (κ3) is 3.61. The largest absolute Gasteiger partial charge is 0.384 e. The van der Waals surface area contributed by atoms with Crippen LogP contribution in [0, 0.1) is 18.8 Å². The maximum Gasteiger partial charge on any atom is 0.257 e. The Morgan fingerprint density at radius 2 is 2.32 bits per heavy atom. The zero-order chi connectivity index (χ0) is 13.7. The van der Waals surface area contributed by atoms with E-state index in [4.69, 9.17) is 5.11 Å². The Balaban J connectivity index is 2.24. The van der Waals surface area contributed by atoms with Gasteiger partial charge in [-0.3, -0.25) is 10.1 Å². The molecule has 0 aliphatic heterocycles.